The van der Waals surface area contributed by atoms with Gasteiger partial charge in [-0.25, -0.2) is 0 Å². The van der Waals surface area contributed by atoms with Crippen molar-refractivity contribution in [1.82, 2.24) is 0 Å². The summed E-state index contributed by atoms with van der Waals surface area (Å²) in [4.78, 5) is 3.48. The van der Waals surface area contributed by atoms with E-state index in [4.69, 9.17) is 5.73 Å². The average molecular weight is 270 g/mol. The fourth-order valence-electron chi connectivity index (χ4n) is 2.20. The van der Waals surface area contributed by atoms with E-state index in [1.54, 1.807) is 0 Å². The second-order valence-electron chi connectivity index (χ2n) is 5.63. The number of benzene rings is 1. The quantitative estimate of drug-likeness (QED) is 0.861. The Balaban J connectivity index is 2.23. The van der Waals surface area contributed by atoms with Gasteiger partial charge in [0.25, 0.3) is 0 Å². The minimum Gasteiger partial charge on any atom is -0.398 e. The highest BCUT2D eigenvalue weighted by Crippen LogP contribution is 2.21. The van der Waals surface area contributed by atoms with Gasteiger partial charge in [0.2, 0.25) is 0 Å². The van der Waals surface area contributed by atoms with Gasteiger partial charge in [-0.15, -0.1) is 0 Å². The highest BCUT2D eigenvalue weighted by atomic mass is 15.1. The molecule has 0 unspecified atom stereocenters. The van der Waals surface area contributed by atoms with Crippen molar-refractivity contribution >= 4 is 11.4 Å². The van der Waals surface area contributed by atoms with Crippen LogP contribution in [0, 0.1) is 0 Å². The second kappa shape index (κ2) is 5.97. The highest BCUT2D eigenvalue weighted by Gasteiger charge is 2.12. The number of quaternary nitrogens is 1. The van der Waals surface area contributed by atoms with Gasteiger partial charge >= 0.3 is 0 Å². The van der Waals surface area contributed by atoms with Crippen molar-refractivity contribution in [2.24, 2.45) is 5.73 Å². The predicted octanol–water partition coefficient (Wildman–Crippen LogP) is 1.06. The molecule has 106 valence electrons. The molecule has 0 bridgehead atoms. The molecule has 0 saturated carbocycles. The maximum Gasteiger partial charge on any atom is 0.125 e. The Bertz CT molecular complexity index is 532. The summed E-state index contributed by atoms with van der Waals surface area (Å²) in [6.45, 7) is 0. The molecule has 0 amide bonds. The van der Waals surface area contributed by atoms with E-state index < -0.39 is 0 Å². The van der Waals surface area contributed by atoms with Gasteiger partial charge in [0.15, 0.2) is 0 Å². The van der Waals surface area contributed by atoms with Gasteiger partial charge in [-0.05, 0) is 35.4 Å². The monoisotopic (exact) mass is 270 g/mol. The van der Waals surface area contributed by atoms with Gasteiger partial charge in [0.1, 0.15) is 6.04 Å². The van der Waals surface area contributed by atoms with Crippen molar-refractivity contribution in [1.29, 1.82) is 0 Å². The summed E-state index contributed by atoms with van der Waals surface area (Å²) in [7, 11) is 8.37. The summed E-state index contributed by atoms with van der Waals surface area (Å²) in [6, 6.07) is 8.76. The maximum absolute atomic E-state index is 6.27. The topological polar surface area (TPSA) is 33.7 Å². The Morgan fingerprint density at radius 2 is 1.60 bits per heavy atom. The molecule has 0 atom stereocenters. The lowest BCUT2D eigenvalue weighted by Gasteiger charge is -2.18. The average Bonchev–Trinajstić information content (AvgIpc) is 2.46. The molecule has 3 N–H and O–H groups in total. The van der Waals surface area contributed by atoms with E-state index in [1.165, 1.54) is 10.6 Å². The molecule has 3 heteroatoms. The molecule has 0 heterocycles. The van der Waals surface area contributed by atoms with Gasteiger partial charge in [0, 0.05) is 25.5 Å². The van der Waals surface area contributed by atoms with Crippen molar-refractivity contribution in [2.45, 2.75) is 6.04 Å². The van der Waals surface area contributed by atoms with Crippen molar-refractivity contribution in [3.05, 3.63) is 59.7 Å². The summed E-state index contributed by atoms with van der Waals surface area (Å²) in [5.74, 6) is 0. The lowest BCUT2D eigenvalue weighted by Crippen LogP contribution is -3.09. The van der Waals surface area contributed by atoms with Crippen LogP contribution in [0.4, 0.5) is 5.69 Å². The van der Waals surface area contributed by atoms with Crippen LogP contribution in [0.25, 0.3) is 5.70 Å². The third kappa shape index (κ3) is 3.11. The first kappa shape index (κ1) is 14.4. The van der Waals surface area contributed by atoms with E-state index in [9.17, 15) is 0 Å². The van der Waals surface area contributed by atoms with Crippen molar-refractivity contribution in [3.63, 3.8) is 0 Å². The number of likely N-dealkylation sites (N-methyl/N-ethyl adjacent to an activating group) is 1. The third-order valence-corrected chi connectivity index (χ3v) is 3.64. The van der Waals surface area contributed by atoms with Crippen LogP contribution in [0.3, 0.4) is 0 Å². The zero-order valence-corrected chi connectivity index (χ0v) is 12.7. The Morgan fingerprint density at radius 1 is 1.05 bits per heavy atom. The SMILES string of the molecule is CN(C)c1ccc(C(N)=C2C=CC([NH+](C)C)C=C2)cc1. The highest BCUT2D eigenvalue weighted by molar-refractivity contribution is 5.72. The molecule has 0 fully saturated rings. The summed E-state index contributed by atoms with van der Waals surface area (Å²) in [5.41, 5.74) is 10.4. The Kier molecular flexibility index (Phi) is 4.30. The molecule has 0 aromatic heterocycles. The predicted molar refractivity (Wildman–Crippen MR) is 86.8 cm³/mol. The molecule has 0 spiro atoms. The van der Waals surface area contributed by atoms with E-state index in [2.05, 4.69) is 67.6 Å². The van der Waals surface area contributed by atoms with Gasteiger partial charge < -0.3 is 15.5 Å². The Hall–Kier alpha value is -2.00. The minimum atomic E-state index is 0.433. The molecule has 1 aromatic carbocycles. The molecule has 1 aliphatic carbocycles. The number of nitrogens with two attached hydrogens (primary N) is 1. The Labute approximate surface area is 121 Å². The van der Waals surface area contributed by atoms with Crippen LogP contribution in [0.2, 0.25) is 0 Å². The van der Waals surface area contributed by atoms with Crippen LogP contribution in [0.5, 0.6) is 0 Å². The van der Waals surface area contributed by atoms with Crippen LogP contribution in [0.1, 0.15) is 5.56 Å². The normalized spacial score (nSPS) is 17.6. The lowest BCUT2D eigenvalue weighted by molar-refractivity contribution is -0.871. The zero-order chi connectivity index (χ0) is 14.7. The number of hydrogen-bond donors (Lipinski definition) is 2. The lowest BCUT2D eigenvalue weighted by atomic mass is 10.0. The van der Waals surface area contributed by atoms with Crippen LogP contribution in [-0.2, 0) is 0 Å². The Morgan fingerprint density at radius 3 is 2.05 bits per heavy atom. The number of nitrogens with one attached hydrogen (secondary N) is 1. The molecular weight excluding hydrogens is 246 g/mol. The first-order valence-corrected chi connectivity index (χ1v) is 6.93. The van der Waals surface area contributed by atoms with Crippen LogP contribution in [0.15, 0.2) is 54.1 Å². The first-order chi connectivity index (χ1) is 9.49. The summed E-state index contributed by atoms with van der Waals surface area (Å²) in [5, 5.41) is 0. The molecule has 0 aliphatic heterocycles. The molecule has 2 rings (SSSR count). The van der Waals surface area contributed by atoms with Crippen molar-refractivity contribution in [3.8, 4) is 0 Å². The first-order valence-electron chi connectivity index (χ1n) is 6.93. The fraction of sp³-hybridized carbons (Fsp3) is 0.294. The summed E-state index contributed by atoms with van der Waals surface area (Å²) in [6.07, 6.45) is 8.64. The number of allylic oxidation sites excluding steroid dienone is 3. The van der Waals surface area contributed by atoms with Gasteiger partial charge in [-0.1, -0.05) is 24.3 Å². The number of hydrogen-bond acceptors (Lipinski definition) is 2. The molecule has 1 aliphatic rings. The van der Waals surface area contributed by atoms with Gasteiger partial charge in [0.05, 0.1) is 14.1 Å². The van der Waals surface area contributed by atoms with E-state index in [0.29, 0.717) is 6.04 Å². The molecule has 0 radical (unpaired) electrons. The molecule has 1 aromatic rings. The number of nitrogens with zero attached hydrogens (tertiary/aromatic N) is 1. The minimum absolute atomic E-state index is 0.433. The molecular formula is C17H24N3+. The zero-order valence-electron chi connectivity index (χ0n) is 12.7. The number of anilines is 1. The van der Waals surface area contributed by atoms with E-state index in [-0.39, 0.29) is 0 Å². The van der Waals surface area contributed by atoms with Crippen LogP contribution < -0.4 is 15.5 Å². The maximum atomic E-state index is 6.27. The summed E-state index contributed by atoms with van der Waals surface area (Å²) >= 11 is 0. The van der Waals surface area contributed by atoms with Crippen LogP contribution in [-0.4, -0.2) is 34.2 Å². The standard InChI is InChI=1S/C17H23N3/c1-19(2)15-9-5-13(6-10-15)17(18)14-7-11-16(12-8-14)20(3)4/h5-12,15H,18H2,1-4H3/p+1. The molecule has 3 nitrogen and oxygen atoms in total. The van der Waals surface area contributed by atoms with Crippen LogP contribution >= 0.6 is 0 Å². The van der Waals surface area contributed by atoms with Gasteiger partial charge in [-0.3, -0.25) is 0 Å². The van der Waals surface area contributed by atoms with Crippen molar-refractivity contribution in [2.75, 3.05) is 33.1 Å². The van der Waals surface area contributed by atoms with Gasteiger partial charge in [-0.2, -0.15) is 0 Å². The van der Waals surface area contributed by atoms with E-state index in [0.717, 1.165) is 16.8 Å². The molecule has 0 saturated heterocycles. The van der Waals surface area contributed by atoms with E-state index >= 15 is 0 Å². The number of rotatable bonds is 3. The van der Waals surface area contributed by atoms with E-state index in [1.807, 2.05) is 14.1 Å². The largest absolute Gasteiger partial charge is 0.398 e. The van der Waals surface area contributed by atoms with Crippen molar-refractivity contribution < 1.29 is 4.90 Å². The second-order valence-corrected chi connectivity index (χ2v) is 5.63. The fourth-order valence-corrected chi connectivity index (χ4v) is 2.20. The third-order valence-electron chi connectivity index (χ3n) is 3.64. The smallest absolute Gasteiger partial charge is 0.125 e. The molecule has 20 heavy (non-hydrogen) atoms. The summed E-state index contributed by atoms with van der Waals surface area (Å²) < 4.78 is 0.